The van der Waals surface area contributed by atoms with Gasteiger partial charge in [0.2, 0.25) is 0 Å². The minimum atomic E-state index is -2.90. The zero-order valence-corrected chi connectivity index (χ0v) is 14.8. The largest absolute Gasteiger partial charge is 0.509 e. The van der Waals surface area contributed by atoms with E-state index < -0.39 is 15.9 Å². The summed E-state index contributed by atoms with van der Waals surface area (Å²) in [4.78, 5) is 12.4. The molecule has 1 atom stereocenters. The zero-order valence-electron chi connectivity index (χ0n) is 14.0. The first-order chi connectivity index (χ1) is 11.3. The molecule has 0 spiro atoms. The first-order valence-electron chi connectivity index (χ1n) is 8.29. The van der Waals surface area contributed by atoms with Crippen molar-refractivity contribution in [2.45, 2.75) is 39.2 Å². The second kappa shape index (κ2) is 6.24. The predicted molar refractivity (Wildman–Crippen MR) is 93.4 cm³/mol. The third-order valence-electron chi connectivity index (χ3n) is 5.02. The lowest BCUT2D eigenvalue weighted by Crippen LogP contribution is -2.33. The van der Waals surface area contributed by atoms with Gasteiger partial charge in [-0.15, -0.1) is 0 Å². The molecule has 0 aliphatic carbocycles. The summed E-state index contributed by atoms with van der Waals surface area (Å²) in [6.07, 6.45) is 1.78. The number of aliphatic hydroxyl groups is 1. The molecule has 1 aromatic carbocycles. The van der Waals surface area contributed by atoms with E-state index in [4.69, 9.17) is 0 Å². The molecule has 1 saturated heterocycles. The maximum Gasteiger partial charge on any atom is 0.255 e. The lowest BCUT2D eigenvalue weighted by atomic mass is 9.92. The number of aryl methyl sites for hydroxylation is 2. The summed E-state index contributed by atoms with van der Waals surface area (Å²) < 4.78 is 23.1. The highest BCUT2D eigenvalue weighted by Crippen LogP contribution is 2.32. The van der Waals surface area contributed by atoms with Gasteiger partial charge in [-0.3, -0.25) is 4.79 Å². The average Bonchev–Trinajstić information content (AvgIpc) is 2.78. The Morgan fingerprint density at radius 1 is 1.21 bits per heavy atom. The molecule has 0 aromatic heterocycles. The molecule has 2 N–H and O–H groups in total. The van der Waals surface area contributed by atoms with Crippen molar-refractivity contribution in [1.82, 2.24) is 5.32 Å². The molecule has 6 heteroatoms. The predicted octanol–water partition coefficient (Wildman–Crippen LogP) is 2.29. The first-order valence-corrected chi connectivity index (χ1v) is 10.1. The highest BCUT2D eigenvalue weighted by Gasteiger charge is 2.36. The van der Waals surface area contributed by atoms with Gasteiger partial charge < -0.3 is 10.4 Å². The quantitative estimate of drug-likeness (QED) is 0.877. The number of carbonyl (C=O) groups is 1. The summed E-state index contributed by atoms with van der Waals surface area (Å²) >= 11 is 0. The number of benzene rings is 1. The Labute approximate surface area is 142 Å². The molecule has 0 saturated carbocycles. The molecule has 130 valence electrons. The lowest BCUT2D eigenvalue weighted by Gasteiger charge is -2.24. The van der Waals surface area contributed by atoms with Crippen LogP contribution < -0.4 is 5.32 Å². The Morgan fingerprint density at radius 2 is 1.88 bits per heavy atom. The van der Waals surface area contributed by atoms with E-state index in [1.165, 1.54) is 0 Å². The number of hydrogen-bond acceptors (Lipinski definition) is 4. The van der Waals surface area contributed by atoms with Gasteiger partial charge in [0.1, 0.15) is 15.6 Å². The molecule has 1 amide bonds. The van der Waals surface area contributed by atoms with Gasteiger partial charge in [-0.1, -0.05) is 23.8 Å². The Bertz CT molecular complexity index is 796. The van der Waals surface area contributed by atoms with Crippen LogP contribution in [0.1, 0.15) is 36.0 Å². The van der Waals surface area contributed by atoms with Crippen molar-refractivity contribution < 1.29 is 18.3 Å². The van der Waals surface area contributed by atoms with Crippen LogP contribution in [0.15, 0.2) is 24.0 Å². The maximum atomic E-state index is 12.4. The molecule has 2 aliphatic rings. The SMILES string of the molecule is Cc1ccc(C)c(C2=C(O)C(CC3CCS(=O)(=O)CC3)NC2=O)c1. The molecular weight excluding hydrogens is 326 g/mol. The number of nitrogens with one attached hydrogen (secondary N) is 1. The highest BCUT2D eigenvalue weighted by molar-refractivity contribution is 7.91. The normalized spacial score (nSPS) is 24.2. The molecule has 0 radical (unpaired) electrons. The molecule has 2 heterocycles. The molecule has 2 aliphatic heterocycles. The Balaban J connectivity index is 1.81. The van der Waals surface area contributed by atoms with E-state index in [0.717, 1.165) is 16.7 Å². The van der Waals surface area contributed by atoms with Gasteiger partial charge in [-0.05, 0) is 50.2 Å². The van der Waals surface area contributed by atoms with Crippen molar-refractivity contribution in [3.05, 3.63) is 40.6 Å². The van der Waals surface area contributed by atoms with Gasteiger partial charge >= 0.3 is 0 Å². The van der Waals surface area contributed by atoms with Crippen LogP contribution in [0.3, 0.4) is 0 Å². The van der Waals surface area contributed by atoms with E-state index in [1.807, 2.05) is 32.0 Å². The van der Waals surface area contributed by atoms with Crippen molar-refractivity contribution in [2.75, 3.05) is 11.5 Å². The van der Waals surface area contributed by atoms with Crippen molar-refractivity contribution in [3.8, 4) is 0 Å². The fraction of sp³-hybridized carbons (Fsp3) is 0.500. The monoisotopic (exact) mass is 349 g/mol. The van der Waals surface area contributed by atoms with E-state index in [0.29, 0.717) is 24.8 Å². The van der Waals surface area contributed by atoms with E-state index in [2.05, 4.69) is 5.32 Å². The second-order valence-corrected chi connectivity index (χ2v) is 9.24. The number of rotatable bonds is 3. The maximum absolute atomic E-state index is 12.4. The van der Waals surface area contributed by atoms with Gasteiger partial charge in [0.25, 0.3) is 5.91 Å². The summed E-state index contributed by atoms with van der Waals surface area (Å²) in [6, 6.07) is 5.41. The Kier molecular flexibility index (Phi) is 4.42. The summed E-state index contributed by atoms with van der Waals surface area (Å²) in [6.45, 7) is 3.87. The summed E-state index contributed by atoms with van der Waals surface area (Å²) in [5.41, 5.74) is 3.09. The Hall–Kier alpha value is -1.82. The minimum absolute atomic E-state index is 0.0853. The topological polar surface area (TPSA) is 83.5 Å². The van der Waals surface area contributed by atoms with Gasteiger partial charge in [0.05, 0.1) is 23.1 Å². The number of amides is 1. The number of aliphatic hydroxyl groups excluding tert-OH is 1. The third kappa shape index (κ3) is 3.34. The van der Waals surface area contributed by atoms with Crippen molar-refractivity contribution >= 4 is 21.3 Å². The fourth-order valence-electron chi connectivity index (χ4n) is 3.53. The third-order valence-corrected chi connectivity index (χ3v) is 6.74. The van der Waals surface area contributed by atoms with Gasteiger partial charge in [-0.2, -0.15) is 0 Å². The number of sulfone groups is 1. The van der Waals surface area contributed by atoms with E-state index in [9.17, 15) is 18.3 Å². The molecule has 1 unspecified atom stereocenters. The zero-order chi connectivity index (χ0) is 17.5. The first kappa shape index (κ1) is 17.0. The van der Waals surface area contributed by atoms with Crippen molar-refractivity contribution in [1.29, 1.82) is 0 Å². The van der Waals surface area contributed by atoms with Crippen LogP contribution in [-0.2, 0) is 14.6 Å². The van der Waals surface area contributed by atoms with E-state index in [1.54, 1.807) is 0 Å². The molecule has 5 nitrogen and oxygen atoms in total. The molecule has 1 fully saturated rings. The highest BCUT2D eigenvalue weighted by atomic mass is 32.2. The molecule has 24 heavy (non-hydrogen) atoms. The molecule has 1 aromatic rings. The van der Waals surface area contributed by atoms with Gasteiger partial charge in [0, 0.05) is 0 Å². The van der Waals surface area contributed by atoms with Gasteiger partial charge in [0.15, 0.2) is 0 Å². The van der Waals surface area contributed by atoms with Crippen molar-refractivity contribution in [3.63, 3.8) is 0 Å². The average molecular weight is 349 g/mol. The molecular formula is C18H23NO4S. The van der Waals surface area contributed by atoms with Crippen LogP contribution in [0.25, 0.3) is 5.57 Å². The van der Waals surface area contributed by atoms with Crippen LogP contribution in [0, 0.1) is 19.8 Å². The van der Waals surface area contributed by atoms with Crippen LogP contribution in [0.5, 0.6) is 0 Å². The van der Waals surface area contributed by atoms with Gasteiger partial charge in [-0.25, -0.2) is 8.42 Å². The summed E-state index contributed by atoms with van der Waals surface area (Å²) in [5.74, 6) is 0.440. The fourth-order valence-corrected chi connectivity index (χ4v) is 5.12. The van der Waals surface area contributed by atoms with E-state index >= 15 is 0 Å². The number of carbonyl (C=O) groups excluding carboxylic acids is 1. The molecule has 0 bridgehead atoms. The molecule has 3 rings (SSSR count). The van der Waals surface area contributed by atoms with Crippen molar-refractivity contribution in [2.24, 2.45) is 5.92 Å². The lowest BCUT2D eigenvalue weighted by molar-refractivity contribution is -0.115. The van der Waals surface area contributed by atoms with E-state index in [-0.39, 0.29) is 29.1 Å². The standard InChI is InChI=1S/C18H23NO4S/c1-11-3-4-12(2)14(9-11)16-17(20)15(19-18(16)21)10-13-5-7-24(22,23)8-6-13/h3-4,9,13,15,20H,5-8,10H2,1-2H3,(H,19,21). The Morgan fingerprint density at radius 3 is 2.54 bits per heavy atom. The smallest absolute Gasteiger partial charge is 0.255 e. The summed E-state index contributed by atoms with van der Waals surface area (Å²) in [7, 11) is -2.90. The second-order valence-electron chi connectivity index (χ2n) is 6.94. The number of hydrogen-bond donors (Lipinski definition) is 2. The van der Waals surface area contributed by atoms with Crippen LogP contribution in [-0.4, -0.2) is 37.0 Å². The van der Waals surface area contributed by atoms with Crippen LogP contribution in [0.4, 0.5) is 0 Å². The van der Waals surface area contributed by atoms with Crippen LogP contribution in [0.2, 0.25) is 0 Å². The van der Waals surface area contributed by atoms with Crippen LogP contribution >= 0.6 is 0 Å². The minimum Gasteiger partial charge on any atom is -0.509 e. The summed E-state index contributed by atoms with van der Waals surface area (Å²) in [5, 5.41) is 13.5.